The molecule has 0 spiro atoms. The minimum Gasteiger partial charge on any atom is -0.462 e. The first-order valence-corrected chi connectivity index (χ1v) is 10.6. The maximum Gasteiger partial charge on any atom is 0.302 e. The van der Waals surface area contributed by atoms with Crippen molar-refractivity contribution in [3.63, 3.8) is 0 Å². The minimum atomic E-state index is -0.344. The van der Waals surface area contributed by atoms with E-state index in [9.17, 15) is 14.4 Å². The molecule has 0 aromatic rings. The Morgan fingerprint density at radius 2 is 1.89 bits per heavy atom. The molecular formula is C23H32O4. The van der Waals surface area contributed by atoms with E-state index in [0.29, 0.717) is 30.6 Å². The third kappa shape index (κ3) is 2.74. The van der Waals surface area contributed by atoms with Gasteiger partial charge in [-0.2, -0.15) is 0 Å². The van der Waals surface area contributed by atoms with E-state index in [1.54, 1.807) is 0 Å². The van der Waals surface area contributed by atoms with Crippen LogP contribution in [0.2, 0.25) is 0 Å². The van der Waals surface area contributed by atoms with Crippen molar-refractivity contribution in [3.05, 3.63) is 11.6 Å². The number of rotatable bonds is 2. The smallest absolute Gasteiger partial charge is 0.302 e. The molecule has 4 aliphatic carbocycles. The van der Waals surface area contributed by atoms with Crippen molar-refractivity contribution in [1.82, 2.24) is 0 Å². The normalized spacial score (nSPS) is 44.7. The lowest BCUT2D eigenvalue weighted by Gasteiger charge is -2.58. The number of hydrogen-bond donors (Lipinski definition) is 0. The molecule has 27 heavy (non-hydrogen) atoms. The van der Waals surface area contributed by atoms with E-state index in [4.69, 9.17) is 4.74 Å². The Kier molecular flexibility index (Phi) is 4.40. The number of ether oxygens (including phenoxy) is 1. The molecular weight excluding hydrogens is 340 g/mol. The summed E-state index contributed by atoms with van der Waals surface area (Å²) in [6.45, 7) is 7.94. The minimum absolute atomic E-state index is 0.0742. The van der Waals surface area contributed by atoms with E-state index in [0.717, 1.165) is 32.1 Å². The Hall–Kier alpha value is -1.45. The Morgan fingerprint density at radius 1 is 1.15 bits per heavy atom. The molecule has 0 aromatic carbocycles. The fraction of sp³-hybridized carbons (Fsp3) is 0.783. The fourth-order valence-electron chi connectivity index (χ4n) is 7.52. The van der Waals surface area contributed by atoms with Crippen molar-refractivity contribution >= 4 is 17.5 Å². The molecule has 4 aliphatic rings. The summed E-state index contributed by atoms with van der Waals surface area (Å²) in [6.07, 6.45) is 8.04. The van der Waals surface area contributed by atoms with Crippen LogP contribution in [0.3, 0.4) is 0 Å². The van der Waals surface area contributed by atoms with E-state index >= 15 is 0 Å². The number of esters is 1. The number of carbonyl (C=O) groups is 3. The average Bonchev–Trinajstić information content (AvgIpc) is 2.85. The lowest BCUT2D eigenvalue weighted by Crippen LogP contribution is -2.51. The summed E-state index contributed by atoms with van der Waals surface area (Å²) in [7, 11) is 0. The zero-order valence-corrected chi connectivity index (χ0v) is 17.0. The average molecular weight is 373 g/mol. The molecule has 4 rings (SSSR count). The summed E-state index contributed by atoms with van der Waals surface area (Å²) >= 11 is 0. The van der Waals surface area contributed by atoms with Gasteiger partial charge in [-0.1, -0.05) is 19.4 Å². The highest BCUT2D eigenvalue weighted by Gasteiger charge is 2.62. The van der Waals surface area contributed by atoms with Crippen LogP contribution in [0, 0.1) is 34.5 Å². The standard InChI is InChI=1S/C23H32O4/c1-13(27-14(2)24)21-20(26)12-19-17-6-5-15-11-16(25)7-9-22(15,3)18(17)8-10-23(19,21)4/h11,13,17-19,21H,5-10,12H2,1-4H3/t13-,17-,18+,19+,21+,22+,23+/m1/s1. The van der Waals surface area contributed by atoms with E-state index in [1.165, 1.54) is 12.5 Å². The number of ketones is 2. The van der Waals surface area contributed by atoms with Gasteiger partial charge in [0.05, 0.1) is 5.92 Å². The second-order valence-corrected chi connectivity index (χ2v) is 9.98. The summed E-state index contributed by atoms with van der Waals surface area (Å²) in [6, 6.07) is 0. The van der Waals surface area contributed by atoms with Crippen molar-refractivity contribution in [3.8, 4) is 0 Å². The van der Waals surface area contributed by atoms with E-state index in [2.05, 4.69) is 13.8 Å². The lowest BCUT2D eigenvalue weighted by molar-refractivity contribution is -0.154. The molecule has 0 aliphatic heterocycles. The highest BCUT2D eigenvalue weighted by Crippen LogP contribution is 2.66. The molecule has 0 amide bonds. The van der Waals surface area contributed by atoms with E-state index in [-0.39, 0.29) is 40.4 Å². The molecule has 3 saturated carbocycles. The molecule has 148 valence electrons. The largest absolute Gasteiger partial charge is 0.462 e. The maximum atomic E-state index is 13.0. The molecule has 4 heteroatoms. The van der Waals surface area contributed by atoms with Crippen molar-refractivity contribution in [2.75, 3.05) is 0 Å². The Morgan fingerprint density at radius 3 is 2.59 bits per heavy atom. The molecule has 0 aromatic heterocycles. The van der Waals surface area contributed by atoms with Crippen molar-refractivity contribution in [2.24, 2.45) is 34.5 Å². The maximum absolute atomic E-state index is 13.0. The zero-order valence-electron chi connectivity index (χ0n) is 17.0. The van der Waals surface area contributed by atoms with Crippen molar-refractivity contribution < 1.29 is 19.1 Å². The van der Waals surface area contributed by atoms with Crippen LogP contribution >= 0.6 is 0 Å². The molecule has 0 bridgehead atoms. The van der Waals surface area contributed by atoms with Gasteiger partial charge in [0.15, 0.2) is 5.78 Å². The zero-order chi connectivity index (χ0) is 19.6. The lowest BCUT2D eigenvalue weighted by atomic mass is 9.46. The quantitative estimate of drug-likeness (QED) is 0.679. The van der Waals surface area contributed by atoms with E-state index < -0.39 is 0 Å². The Balaban J connectivity index is 1.64. The summed E-state index contributed by atoms with van der Waals surface area (Å²) in [5.74, 6) is 1.57. The van der Waals surface area contributed by atoms with Crippen LogP contribution < -0.4 is 0 Å². The van der Waals surface area contributed by atoms with Gasteiger partial charge in [0.2, 0.25) is 0 Å². The van der Waals surface area contributed by atoms with Gasteiger partial charge in [0.1, 0.15) is 11.9 Å². The van der Waals surface area contributed by atoms with Crippen LogP contribution in [-0.2, 0) is 19.1 Å². The molecule has 0 N–H and O–H groups in total. The van der Waals surface area contributed by atoms with Crippen molar-refractivity contribution in [2.45, 2.75) is 78.7 Å². The van der Waals surface area contributed by atoms with Gasteiger partial charge >= 0.3 is 5.97 Å². The number of carbonyl (C=O) groups excluding carboxylic acids is 3. The monoisotopic (exact) mass is 372 g/mol. The van der Waals surface area contributed by atoms with Gasteiger partial charge in [-0.25, -0.2) is 0 Å². The number of allylic oxidation sites excluding steroid dienone is 1. The summed E-state index contributed by atoms with van der Waals surface area (Å²) < 4.78 is 5.47. The van der Waals surface area contributed by atoms with Crippen LogP contribution in [0.1, 0.15) is 72.6 Å². The SMILES string of the molecule is CC(=O)O[C@H](C)[C@H]1C(=O)C[C@H]2[C@@H]3CCC4=CC(=O)CC[C@]4(C)[C@H]3CC[C@]12C. The van der Waals surface area contributed by atoms with Crippen LogP contribution in [0.5, 0.6) is 0 Å². The van der Waals surface area contributed by atoms with Gasteiger partial charge in [0, 0.05) is 19.8 Å². The first kappa shape index (κ1) is 18.9. The van der Waals surface area contributed by atoms with Gasteiger partial charge in [-0.15, -0.1) is 0 Å². The molecule has 4 nitrogen and oxygen atoms in total. The van der Waals surface area contributed by atoms with Crippen LogP contribution in [-0.4, -0.2) is 23.6 Å². The van der Waals surface area contributed by atoms with Crippen LogP contribution in [0.15, 0.2) is 11.6 Å². The van der Waals surface area contributed by atoms with Gasteiger partial charge in [0.25, 0.3) is 0 Å². The molecule has 3 fully saturated rings. The van der Waals surface area contributed by atoms with Crippen molar-refractivity contribution in [1.29, 1.82) is 0 Å². The highest BCUT2D eigenvalue weighted by atomic mass is 16.5. The predicted octanol–water partition coefficient (Wildman–Crippen LogP) is 4.27. The molecule has 0 saturated heterocycles. The first-order chi connectivity index (χ1) is 12.7. The highest BCUT2D eigenvalue weighted by molar-refractivity contribution is 5.91. The van der Waals surface area contributed by atoms with Gasteiger partial charge < -0.3 is 4.74 Å². The number of Topliss-reactive ketones (excluding diaryl/α,β-unsaturated/α-hetero) is 1. The number of hydrogen-bond acceptors (Lipinski definition) is 4. The van der Waals surface area contributed by atoms with Gasteiger partial charge in [-0.3, -0.25) is 14.4 Å². The second kappa shape index (κ2) is 6.28. The first-order valence-electron chi connectivity index (χ1n) is 10.6. The summed E-state index contributed by atoms with van der Waals surface area (Å²) in [4.78, 5) is 36.4. The topological polar surface area (TPSA) is 60.4 Å². The van der Waals surface area contributed by atoms with E-state index in [1.807, 2.05) is 13.0 Å². The second-order valence-electron chi connectivity index (χ2n) is 9.98. The predicted molar refractivity (Wildman–Crippen MR) is 102 cm³/mol. The molecule has 7 atom stereocenters. The Bertz CT molecular complexity index is 722. The Labute approximate surface area is 162 Å². The molecule has 0 unspecified atom stereocenters. The third-order valence-electron chi connectivity index (χ3n) is 8.70. The number of fused-ring (bicyclic) bond motifs is 5. The van der Waals surface area contributed by atoms with Crippen LogP contribution in [0.25, 0.3) is 0 Å². The molecule has 0 heterocycles. The van der Waals surface area contributed by atoms with Gasteiger partial charge in [-0.05, 0) is 73.7 Å². The summed E-state index contributed by atoms with van der Waals surface area (Å²) in [5.41, 5.74) is 1.41. The third-order valence-corrected chi connectivity index (χ3v) is 8.70. The van der Waals surface area contributed by atoms with Crippen LogP contribution in [0.4, 0.5) is 0 Å². The molecule has 0 radical (unpaired) electrons. The summed E-state index contributed by atoms with van der Waals surface area (Å²) in [5, 5.41) is 0. The fourth-order valence-corrected chi connectivity index (χ4v) is 7.52.